The molecule has 1 aromatic heterocycles. The van der Waals surface area contributed by atoms with Gasteiger partial charge in [0, 0.05) is 0 Å². The van der Waals surface area contributed by atoms with Crippen LogP contribution in [0.25, 0.3) is 11.4 Å². The lowest BCUT2D eigenvalue weighted by Crippen LogP contribution is -2.06. The first-order valence-electron chi connectivity index (χ1n) is 5.17. The Hall–Kier alpha value is -1.59. The molecule has 0 saturated carbocycles. The summed E-state index contributed by atoms with van der Waals surface area (Å²) in [6, 6.07) is 5.05. The summed E-state index contributed by atoms with van der Waals surface area (Å²) in [5.74, 6) is -0.295. The highest BCUT2D eigenvalue weighted by molar-refractivity contribution is 6.38. The van der Waals surface area contributed by atoms with E-state index in [1.165, 1.54) is 0 Å². The summed E-state index contributed by atoms with van der Waals surface area (Å²) in [7, 11) is 0. The van der Waals surface area contributed by atoms with Gasteiger partial charge in [-0.25, -0.2) is 9.78 Å². The fourth-order valence-electron chi connectivity index (χ4n) is 1.38. The number of nitrogens with zero attached hydrogens (tertiary/aromatic N) is 2. The predicted octanol–water partition coefficient (Wildman–Crippen LogP) is 2.96. The first-order chi connectivity index (χ1) is 8.63. The first-order valence-corrected chi connectivity index (χ1v) is 5.93. The zero-order chi connectivity index (χ0) is 13.1. The molecule has 0 atom stereocenters. The third-order valence-electron chi connectivity index (χ3n) is 2.14. The van der Waals surface area contributed by atoms with Crippen molar-refractivity contribution >= 4 is 29.2 Å². The van der Waals surface area contributed by atoms with E-state index in [0.29, 0.717) is 15.6 Å². The maximum absolute atomic E-state index is 11.4. The van der Waals surface area contributed by atoms with E-state index < -0.39 is 5.97 Å². The van der Waals surface area contributed by atoms with Crippen LogP contribution in [0, 0.1) is 0 Å². The van der Waals surface area contributed by atoms with E-state index in [-0.39, 0.29) is 18.3 Å². The molecule has 94 valence electrons. The van der Waals surface area contributed by atoms with Gasteiger partial charge in [0.15, 0.2) is 5.82 Å². The SMILES string of the molecule is CCOC(=O)c1nc(-c2c(Cl)cccc2Cl)n[nH]1. The van der Waals surface area contributed by atoms with Crippen molar-refractivity contribution in [3.63, 3.8) is 0 Å². The van der Waals surface area contributed by atoms with Gasteiger partial charge in [0.05, 0.1) is 22.2 Å². The highest BCUT2D eigenvalue weighted by Gasteiger charge is 2.17. The number of nitrogens with one attached hydrogen (secondary N) is 1. The summed E-state index contributed by atoms with van der Waals surface area (Å²) in [4.78, 5) is 15.4. The summed E-state index contributed by atoms with van der Waals surface area (Å²) in [5.41, 5.74) is 0.479. The highest BCUT2D eigenvalue weighted by atomic mass is 35.5. The van der Waals surface area contributed by atoms with Crippen LogP contribution in [0.3, 0.4) is 0 Å². The molecule has 0 bridgehead atoms. The number of halogens is 2. The second-order valence-corrected chi connectivity index (χ2v) is 4.14. The Morgan fingerprint density at radius 1 is 1.39 bits per heavy atom. The van der Waals surface area contributed by atoms with E-state index in [0.717, 1.165) is 0 Å². The van der Waals surface area contributed by atoms with Crippen molar-refractivity contribution in [3.05, 3.63) is 34.1 Å². The molecule has 1 aromatic carbocycles. The van der Waals surface area contributed by atoms with Gasteiger partial charge in [-0.1, -0.05) is 29.3 Å². The van der Waals surface area contributed by atoms with Crippen LogP contribution in [0.1, 0.15) is 17.5 Å². The lowest BCUT2D eigenvalue weighted by atomic mass is 10.2. The summed E-state index contributed by atoms with van der Waals surface area (Å²) in [6.07, 6.45) is 0. The Bertz CT molecular complexity index is 563. The first kappa shape index (κ1) is 12.9. The molecule has 0 saturated heterocycles. The van der Waals surface area contributed by atoms with Gasteiger partial charge in [0.2, 0.25) is 5.82 Å². The molecule has 2 rings (SSSR count). The Labute approximate surface area is 113 Å². The van der Waals surface area contributed by atoms with Gasteiger partial charge in [-0.05, 0) is 19.1 Å². The van der Waals surface area contributed by atoms with Gasteiger partial charge in [0.25, 0.3) is 0 Å². The molecular formula is C11H9Cl2N3O2. The van der Waals surface area contributed by atoms with Gasteiger partial charge in [-0.15, -0.1) is 0 Å². The second-order valence-electron chi connectivity index (χ2n) is 3.32. The smallest absolute Gasteiger partial charge is 0.375 e. The van der Waals surface area contributed by atoms with E-state index in [9.17, 15) is 4.79 Å². The molecule has 0 spiro atoms. The molecule has 5 nitrogen and oxygen atoms in total. The quantitative estimate of drug-likeness (QED) is 0.881. The molecule has 0 fully saturated rings. The minimum atomic E-state index is -0.570. The topological polar surface area (TPSA) is 67.9 Å². The van der Waals surface area contributed by atoms with Crippen LogP contribution >= 0.6 is 23.2 Å². The van der Waals surface area contributed by atoms with Crippen LogP contribution < -0.4 is 0 Å². The number of esters is 1. The number of H-pyrrole nitrogens is 1. The number of rotatable bonds is 3. The van der Waals surface area contributed by atoms with Gasteiger partial charge in [0.1, 0.15) is 0 Å². The number of aromatic amines is 1. The van der Waals surface area contributed by atoms with E-state index in [1.54, 1.807) is 25.1 Å². The molecule has 7 heteroatoms. The Morgan fingerprint density at radius 2 is 2.06 bits per heavy atom. The number of ether oxygens (including phenoxy) is 1. The number of hydrogen-bond donors (Lipinski definition) is 1. The van der Waals surface area contributed by atoms with Crippen molar-refractivity contribution in [1.82, 2.24) is 15.2 Å². The van der Waals surface area contributed by atoms with Gasteiger partial charge >= 0.3 is 5.97 Å². The van der Waals surface area contributed by atoms with E-state index in [2.05, 4.69) is 15.2 Å². The van der Waals surface area contributed by atoms with Crippen molar-refractivity contribution in [2.24, 2.45) is 0 Å². The molecule has 2 aromatic rings. The van der Waals surface area contributed by atoms with Crippen LogP contribution in [0.5, 0.6) is 0 Å². The molecule has 0 aliphatic carbocycles. The summed E-state index contributed by atoms with van der Waals surface area (Å²) in [5, 5.41) is 7.22. The third kappa shape index (κ3) is 2.47. The average Bonchev–Trinajstić information content (AvgIpc) is 2.78. The standard InChI is InChI=1S/C11H9Cl2N3O2/c1-2-18-11(17)10-14-9(15-16-10)8-6(12)4-3-5-7(8)13/h3-5H,2H2,1H3,(H,14,15,16). The molecule has 0 aliphatic heterocycles. The van der Waals surface area contributed by atoms with Crippen molar-refractivity contribution in [1.29, 1.82) is 0 Å². The monoisotopic (exact) mass is 285 g/mol. The van der Waals surface area contributed by atoms with Crippen molar-refractivity contribution in [2.75, 3.05) is 6.61 Å². The minimum Gasteiger partial charge on any atom is -0.460 e. The minimum absolute atomic E-state index is 0.0165. The Balaban J connectivity index is 2.38. The lowest BCUT2D eigenvalue weighted by Gasteiger charge is -2.01. The number of carbonyl (C=O) groups excluding carboxylic acids is 1. The molecule has 18 heavy (non-hydrogen) atoms. The maximum Gasteiger partial charge on any atom is 0.375 e. The van der Waals surface area contributed by atoms with E-state index in [4.69, 9.17) is 27.9 Å². The van der Waals surface area contributed by atoms with Crippen LogP contribution in [-0.2, 0) is 4.74 Å². The zero-order valence-electron chi connectivity index (χ0n) is 9.41. The summed E-state index contributed by atoms with van der Waals surface area (Å²) in [6.45, 7) is 1.97. The van der Waals surface area contributed by atoms with E-state index >= 15 is 0 Å². The molecule has 1 N–H and O–H groups in total. The van der Waals surface area contributed by atoms with Gasteiger partial charge in [-0.3, -0.25) is 5.10 Å². The molecule has 0 unspecified atom stereocenters. The number of benzene rings is 1. The van der Waals surface area contributed by atoms with Crippen LogP contribution in [0.15, 0.2) is 18.2 Å². The normalized spacial score (nSPS) is 10.4. The number of carbonyl (C=O) groups is 1. The third-order valence-corrected chi connectivity index (χ3v) is 2.77. The van der Waals surface area contributed by atoms with Gasteiger partial charge < -0.3 is 4.74 Å². The van der Waals surface area contributed by atoms with Crippen LogP contribution in [0.2, 0.25) is 10.0 Å². The Morgan fingerprint density at radius 3 is 2.67 bits per heavy atom. The molecule has 0 aliphatic rings. The van der Waals surface area contributed by atoms with E-state index in [1.807, 2.05) is 0 Å². The predicted molar refractivity (Wildman–Crippen MR) is 67.8 cm³/mol. The second kappa shape index (κ2) is 5.37. The summed E-state index contributed by atoms with van der Waals surface area (Å²) >= 11 is 12.0. The summed E-state index contributed by atoms with van der Waals surface area (Å²) < 4.78 is 4.80. The molecule has 0 radical (unpaired) electrons. The average molecular weight is 286 g/mol. The fraction of sp³-hybridized carbons (Fsp3) is 0.182. The van der Waals surface area contributed by atoms with Crippen LogP contribution in [-0.4, -0.2) is 27.8 Å². The molecule has 0 amide bonds. The Kier molecular flexibility index (Phi) is 3.84. The van der Waals surface area contributed by atoms with Gasteiger partial charge in [-0.2, -0.15) is 5.10 Å². The number of hydrogen-bond acceptors (Lipinski definition) is 4. The lowest BCUT2D eigenvalue weighted by molar-refractivity contribution is 0.0512. The molecule has 1 heterocycles. The fourth-order valence-corrected chi connectivity index (χ4v) is 1.94. The maximum atomic E-state index is 11.4. The number of aromatic nitrogens is 3. The zero-order valence-corrected chi connectivity index (χ0v) is 10.9. The van der Waals surface area contributed by atoms with Crippen molar-refractivity contribution in [2.45, 2.75) is 6.92 Å². The largest absolute Gasteiger partial charge is 0.460 e. The molecular weight excluding hydrogens is 277 g/mol. The highest BCUT2D eigenvalue weighted by Crippen LogP contribution is 2.32. The van der Waals surface area contributed by atoms with Crippen LogP contribution in [0.4, 0.5) is 0 Å². The van der Waals surface area contributed by atoms with Crippen molar-refractivity contribution in [3.8, 4) is 11.4 Å². The van der Waals surface area contributed by atoms with Crippen molar-refractivity contribution < 1.29 is 9.53 Å².